The van der Waals surface area contributed by atoms with Crippen LogP contribution in [-0.2, 0) is 4.79 Å². The molecule has 23 heavy (non-hydrogen) atoms. The number of nitrogens with one attached hydrogen (secondary N) is 2. The molecule has 128 valence electrons. The average Bonchev–Trinajstić information content (AvgIpc) is 2.74. The Morgan fingerprint density at radius 3 is 2.39 bits per heavy atom. The summed E-state index contributed by atoms with van der Waals surface area (Å²) in [5.74, 6) is 1.32. The lowest BCUT2D eigenvalue weighted by molar-refractivity contribution is -0.117. The predicted octanol–water partition coefficient (Wildman–Crippen LogP) is 3.93. The van der Waals surface area contributed by atoms with Crippen molar-refractivity contribution in [3.05, 3.63) is 15.9 Å². The van der Waals surface area contributed by atoms with E-state index in [9.17, 15) is 9.59 Å². The molecule has 3 rings (SSSR count). The number of aromatic amines is 1. The van der Waals surface area contributed by atoms with E-state index in [0.29, 0.717) is 18.4 Å². The van der Waals surface area contributed by atoms with Gasteiger partial charge in [-0.2, -0.15) is 0 Å². The van der Waals surface area contributed by atoms with Gasteiger partial charge in [0, 0.05) is 12.3 Å². The van der Waals surface area contributed by atoms with Crippen LogP contribution in [0.25, 0.3) is 0 Å². The van der Waals surface area contributed by atoms with E-state index in [1.165, 1.54) is 32.1 Å². The minimum Gasteiger partial charge on any atom is -0.311 e. The summed E-state index contributed by atoms with van der Waals surface area (Å²) in [6.45, 7) is 4.29. The van der Waals surface area contributed by atoms with Crippen molar-refractivity contribution in [1.29, 1.82) is 0 Å². The van der Waals surface area contributed by atoms with Crippen molar-refractivity contribution in [3.63, 3.8) is 0 Å². The van der Waals surface area contributed by atoms with Crippen LogP contribution in [0.15, 0.2) is 4.79 Å². The number of nitrogens with zero attached hydrogens (tertiary/aromatic N) is 1. The fourth-order valence-corrected chi connectivity index (χ4v) is 4.21. The van der Waals surface area contributed by atoms with Crippen LogP contribution >= 0.6 is 0 Å². The topological polar surface area (TPSA) is 66.9 Å². The first-order valence-corrected chi connectivity index (χ1v) is 9.20. The SMILES string of the molecule is CC(C)CC1CC(=O)Nc2c1c(=O)[nH]n2C1CCCCCCC1. The highest BCUT2D eigenvalue weighted by atomic mass is 16.2. The number of aromatic nitrogens is 2. The molecule has 1 saturated carbocycles. The quantitative estimate of drug-likeness (QED) is 0.886. The lowest BCUT2D eigenvalue weighted by Gasteiger charge is -2.27. The molecular formula is C18H29N3O2. The Balaban J connectivity index is 1.94. The normalized spacial score (nSPS) is 23.3. The first kappa shape index (κ1) is 16.3. The summed E-state index contributed by atoms with van der Waals surface area (Å²) in [6.07, 6.45) is 9.75. The Morgan fingerprint density at radius 2 is 1.74 bits per heavy atom. The van der Waals surface area contributed by atoms with Crippen LogP contribution in [0.4, 0.5) is 5.82 Å². The molecule has 5 nitrogen and oxygen atoms in total. The first-order chi connectivity index (χ1) is 11.1. The highest BCUT2D eigenvalue weighted by Gasteiger charge is 2.33. The van der Waals surface area contributed by atoms with E-state index in [2.05, 4.69) is 24.3 Å². The number of hydrogen-bond donors (Lipinski definition) is 2. The molecule has 1 amide bonds. The highest BCUT2D eigenvalue weighted by Crippen LogP contribution is 2.37. The van der Waals surface area contributed by atoms with Crippen molar-refractivity contribution in [2.45, 2.75) is 83.6 Å². The fourth-order valence-electron chi connectivity index (χ4n) is 4.21. The molecule has 1 fully saturated rings. The fraction of sp³-hybridized carbons (Fsp3) is 0.778. The van der Waals surface area contributed by atoms with E-state index in [-0.39, 0.29) is 17.4 Å². The average molecular weight is 319 g/mol. The van der Waals surface area contributed by atoms with Crippen LogP contribution < -0.4 is 10.9 Å². The lowest BCUT2D eigenvalue weighted by Crippen LogP contribution is -2.27. The van der Waals surface area contributed by atoms with Crippen molar-refractivity contribution in [2.24, 2.45) is 5.92 Å². The second-order valence-electron chi connectivity index (χ2n) is 7.65. The van der Waals surface area contributed by atoms with Gasteiger partial charge in [-0.1, -0.05) is 46.0 Å². The molecular weight excluding hydrogens is 290 g/mol. The zero-order valence-corrected chi connectivity index (χ0v) is 14.4. The lowest BCUT2D eigenvalue weighted by atomic mass is 9.86. The van der Waals surface area contributed by atoms with Crippen LogP contribution in [0.3, 0.4) is 0 Å². The molecule has 2 heterocycles. The van der Waals surface area contributed by atoms with Crippen molar-refractivity contribution in [3.8, 4) is 0 Å². The maximum absolute atomic E-state index is 12.6. The van der Waals surface area contributed by atoms with E-state index in [1.807, 2.05) is 4.68 Å². The van der Waals surface area contributed by atoms with Crippen molar-refractivity contribution in [1.82, 2.24) is 9.78 Å². The van der Waals surface area contributed by atoms with Gasteiger partial charge in [0.15, 0.2) is 0 Å². The van der Waals surface area contributed by atoms with Gasteiger partial charge in [0.1, 0.15) is 5.82 Å². The summed E-state index contributed by atoms with van der Waals surface area (Å²) in [7, 11) is 0. The Bertz CT molecular complexity index is 606. The maximum atomic E-state index is 12.6. The van der Waals surface area contributed by atoms with Gasteiger partial charge < -0.3 is 5.32 Å². The number of hydrogen-bond acceptors (Lipinski definition) is 2. The summed E-state index contributed by atoms with van der Waals surface area (Å²) in [6, 6.07) is 0.310. The molecule has 1 unspecified atom stereocenters. The van der Waals surface area contributed by atoms with Gasteiger partial charge in [-0.15, -0.1) is 0 Å². The number of carbonyl (C=O) groups excluding carboxylic acids is 1. The molecule has 0 aromatic carbocycles. The molecule has 2 N–H and O–H groups in total. The van der Waals surface area contributed by atoms with E-state index in [4.69, 9.17) is 0 Å². The first-order valence-electron chi connectivity index (χ1n) is 9.20. The van der Waals surface area contributed by atoms with Gasteiger partial charge in [0.25, 0.3) is 5.56 Å². The third kappa shape index (κ3) is 3.54. The molecule has 0 saturated heterocycles. The molecule has 1 aliphatic carbocycles. The molecule has 1 atom stereocenters. The Hall–Kier alpha value is -1.52. The van der Waals surface area contributed by atoms with Crippen LogP contribution in [-0.4, -0.2) is 15.7 Å². The standard InChI is InChI=1S/C18H29N3O2/c1-12(2)10-13-11-15(22)19-17-16(13)18(23)20-21(17)14-8-6-4-3-5-7-9-14/h12-14H,3-11H2,1-2H3,(H,19,22)(H,20,23). The zero-order chi connectivity index (χ0) is 16.4. The summed E-state index contributed by atoms with van der Waals surface area (Å²) >= 11 is 0. The number of anilines is 1. The largest absolute Gasteiger partial charge is 0.311 e. The number of H-pyrrole nitrogens is 1. The van der Waals surface area contributed by atoms with Crippen LogP contribution in [0, 0.1) is 5.92 Å². The number of fused-ring (bicyclic) bond motifs is 1. The van der Waals surface area contributed by atoms with Gasteiger partial charge in [-0.25, -0.2) is 0 Å². The van der Waals surface area contributed by atoms with Gasteiger partial charge in [-0.05, 0) is 25.2 Å². The molecule has 0 radical (unpaired) electrons. The van der Waals surface area contributed by atoms with Crippen LogP contribution in [0.1, 0.15) is 89.2 Å². The Kier molecular flexibility index (Phi) is 4.93. The smallest absolute Gasteiger partial charge is 0.269 e. The summed E-state index contributed by atoms with van der Waals surface area (Å²) in [4.78, 5) is 24.7. The Labute approximate surface area is 137 Å². The third-order valence-corrected chi connectivity index (χ3v) is 5.26. The molecule has 0 spiro atoms. The van der Waals surface area contributed by atoms with Crippen molar-refractivity contribution >= 4 is 11.7 Å². The second-order valence-corrected chi connectivity index (χ2v) is 7.65. The minimum absolute atomic E-state index is 0.00675. The molecule has 2 aliphatic rings. The third-order valence-electron chi connectivity index (χ3n) is 5.26. The van der Waals surface area contributed by atoms with Gasteiger partial charge in [-0.3, -0.25) is 19.4 Å². The van der Waals surface area contributed by atoms with E-state index < -0.39 is 0 Å². The maximum Gasteiger partial charge on any atom is 0.269 e. The van der Waals surface area contributed by atoms with Crippen molar-refractivity contribution in [2.75, 3.05) is 5.32 Å². The summed E-state index contributed by atoms with van der Waals surface area (Å²) in [5.41, 5.74) is 0.799. The molecule has 5 heteroatoms. The number of rotatable bonds is 3. The summed E-state index contributed by atoms with van der Waals surface area (Å²) in [5, 5.41) is 6.02. The predicted molar refractivity (Wildman–Crippen MR) is 91.9 cm³/mol. The van der Waals surface area contributed by atoms with E-state index in [1.54, 1.807) is 0 Å². The van der Waals surface area contributed by atoms with Gasteiger partial charge in [0.2, 0.25) is 5.91 Å². The number of carbonyl (C=O) groups is 1. The highest BCUT2D eigenvalue weighted by molar-refractivity contribution is 5.93. The van der Waals surface area contributed by atoms with Crippen molar-refractivity contribution < 1.29 is 4.79 Å². The Morgan fingerprint density at radius 1 is 1.09 bits per heavy atom. The number of amides is 1. The van der Waals surface area contributed by atoms with Gasteiger partial charge in [0.05, 0.1) is 11.6 Å². The van der Waals surface area contributed by atoms with E-state index >= 15 is 0 Å². The molecule has 1 aliphatic heterocycles. The zero-order valence-electron chi connectivity index (χ0n) is 14.4. The summed E-state index contributed by atoms with van der Waals surface area (Å²) < 4.78 is 1.98. The minimum atomic E-state index is -0.00675. The van der Waals surface area contributed by atoms with Gasteiger partial charge >= 0.3 is 0 Å². The second kappa shape index (κ2) is 6.93. The van der Waals surface area contributed by atoms with Crippen LogP contribution in [0.5, 0.6) is 0 Å². The molecule has 1 aromatic heterocycles. The molecule has 1 aromatic rings. The monoisotopic (exact) mass is 319 g/mol. The van der Waals surface area contributed by atoms with E-state index in [0.717, 1.165) is 30.6 Å². The molecule has 0 bridgehead atoms. The van der Waals surface area contributed by atoms with Crippen LogP contribution in [0.2, 0.25) is 0 Å².